The molecule has 0 unspecified atom stereocenters. The topological polar surface area (TPSA) is 75.4 Å². The van der Waals surface area contributed by atoms with Crippen LogP contribution in [0.4, 0.5) is 9.80 Å². The predicted molar refractivity (Wildman–Crippen MR) is 55.5 cm³/mol. The highest BCUT2D eigenvalue weighted by molar-refractivity contribution is 7.14. The number of nitrogens with two attached hydrogens (primary N) is 1. The monoisotopic (exact) mass is 213 g/mol. The summed E-state index contributed by atoms with van der Waals surface area (Å²) in [6.07, 6.45) is 0. The molecule has 6 heteroatoms. The van der Waals surface area contributed by atoms with Gasteiger partial charge in [-0.25, -0.2) is 4.79 Å². The van der Waals surface area contributed by atoms with Gasteiger partial charge in [-0.3, -0.25) is 10.1 Å². The summed E-state index contributed by atoms with van der Waals surface area (Å²) in [5.41, 5.74) is 5.45. The molecule has 0 saturated carbocycles. The summed E-state index contributed by atoms with van der Waals surface area (Å²) >= 11 is 1.26. The summed E-state index contributed by atoms with van der Waals surface area (Å²) < 4.78 is 0. The quantitative estimate of drug-likeness (QED) is 0.767. The standard InChI is InChI=1S/C8H11N3O2S/c1-11(2)8(13)10-7-5(6(9)12)3-4-14-7/h3-4H,1-2H3,(H2,9,12)(H,10,13). The maximum Gasteiger partial charge on any atom is 0.321 e. The number of nitrogens with one attached hydrogen (secondary N) is 1. The van der Waals surface area contributed by atoms with Crippen LogP contribution in [0.15, 0.2) is 11.4 Å². The van der Waals surface area contributed by atoms with Crippen molar-refractivity contribution in [3.63, 3.8) is 0 Å². The van der Waals surface area contributed by atoms with Gasteiger partial charge in [0.25, 0.3) is 5.91 Å². The number of anilines is 1. The number of nitrogens with zero attached hydrogens (tertiary/aromatic N) is 1. The van der Waals surface area contributed by atoms with Crippen molar-refractivity contribution in [3.05, 3.63) is 17.0 Å². The Bertz CT molecular complexity index is 359. The molecule has 1 rings (SSSR count). The summed E-state index contributed by atoms with van der Waals surface area (Å²) in [4.78, 5) is 23.5. The van der Waals surface area contributed by atoms with Crippen LogP contribution in [-0.2, 0) is 0 Å². The lowest BCUT2D eigenvalue weighted by molar-refractivity contribution is 0.100. The highest BCUT2D eigenvalue weighted by Gasteiger charge is 2.12. The third-order valence-electron chi connectivity index (χ3n) is 1.56. The molecule has 0 fully saturated rings. The van der Waals surface area contributed by atoms with E-state index in [-0.39, 0.29) is 6.03 Å². The maximum atomic E-state index is 11.3. The SMILES string of the molecule is CN(C)C(=O)Nc1sccc1C(N)=O. The van der Waals surface area contributed by atoms with Crippen LogP contribution in [0.2, 0.25) is 0 Å². The Labute approximate surface area is 85.5 Å². The van der Waals surface area contributed by atoms with Gasteiger partial charge in [-0.05, 0) is 11.4 Å². The first-order valence-electron chi connectivity index (χ1n) is 3.88. The second-order valence-corrected chi connectivity index (χ2v) is 3.77. The zero-order valence-electron chi connectivity index (χ0n) is 7.90. The van der Waals surface area contributed by atoms with Crippen molar-refractivity contribution in [2.75, 3.05) is 19.4 Å². The van der Waals surface area contributed by atoms with Crippen molar-refractivity contribution in [2.24, 2.45) is 5.73 Å². The van der Waals surface area contributed by atoms with Gasteiger partial charge in [-0.2, -0.15) is 0 Å². The molecule has 0 saturated heterocycles. The Morgan fingerprint density at radius 3 is 2.64 bits per heavy atom. The van der Waals surface area contributed by atoms with Crippen molar-refractivity contribution in [2.45, 2.75) is 0 Å². The molecule has 76 valence electrons. The first kappa shape index (κ1) is 10.5. The van der Waals surface area contributed by atoms with Crippen molar-refractivity contribution in [1.82, 2.24) is 4.90 Å². The van der Waals surface area contributed by atoms with Gasteiger partial charge in [0, 0.05) is 14.1 Å². The fourth-order valence-corrected chi connectivity index (χ4v) is 1.59. The minimum Gasteiger partial charge on any atom is -0.366 e. The molecule has 3 N–H and O–H groups in total. The van der Waals surface area contributed by atoms with Gasteiger partial charge in [0.2, 0.25) is 0 Å². The molecule has 1 aromatic rings. The molecule has 0 aromatic carbocycles. The average Bonchev–Trinajstić information content (AvgIpc) is 2.52. The van der Waals surface area contributed by atoms with Gasteiger partial charge in [0.15, 0.2) is 0 Å². The number of primary amides is 1. The van der Waals surface area contributed by atoms with Gasteiger partial charge >= 0.3 is 6.03 Å². The van der Waals surface area contributed by atoms with Crippen LogP contribution in [0.25, 0.3) is 0 Å². The van der Waals surface area contributed by atoms with Crippen molar-refractivity contribution in [3.8, 4) is 0 Å². The zero-order chi connectivity index (χ0) is 10.7. The van der Waals surface area contributed by atoms with E-state index >= 15 is 0 Å². The second-order valence-electron chi connectivity index (χ2n) is 2.85. The molecule has 0 atom stereocenters. The lowest BCUT2D eigenvalue weighted by Crippen LogP contribution is -2.28. The van der Waals surface area contributed by atoms with Gasteiger partial charge < -0.3 is 10.6 Å². The summed E-state index contributed by atoms with van der Waals surface area (Å²) in [5.74, 6) is -0.541. The van der Waals surface area contributed by atoms with E-state index in [1.165, 1.54) is 16.2 Å². The Morgan fingerprint density at radius 2 is 2.14 bits per heavy atom. The van der Waals surface area contributed by atoms with Crippen LogP contribution in [-0.4, -0.2) is 30.9 Å². The number of amides is 3. The number of hydrogen-bond acceptors (Lipinski definition) is 3. The third kappa shape index (κ3) is 2.23. The number of thiophene rings is 1. The molecular formula is C8H11N3O2S. The van der Waals surface area contributed by atoms with E-state index in [2.05, 4.69) is 5.32 Å². The molecular weight excluding hydrogens is 202 g/mol. The first-order chi connectivity index (χ1) is 6.52. The van der Waals surface area contributed by atoms with E-state index < -0.39 is 5.91 Å². The van der Waals surface area contributed by atoms with Crippen LogP contribution in [0.5, 0.6) is 0 Å². The van der Waals surface area contributed by atoms with E-state index in [0.717, 1.165) is 0 Å². The number of carbonyl (C=O) groups is 2. The largest absolute Gasteiger partial charge is 0.366 e. The van der Waals surface area contributed by atoms with E-state index in [0.29, 0.717) is 10.6 Å². The van der Waals surface area contributed by atoms with Crippen LogP contribution < -0.4 is 11.1 Å². The Kier molecular flexibility index (Phi) is 3.08. The Hall–Kier alpha value is -1.56. The van der Waals surface area contributed by atoms with E-state index in [1.807, 2.05) is 0 Å². The van der Waals surface area contributed by atoms with Crippen LogP contribution in [0.3, 0.4) is 0 Å². The smallest absolute Gasteiger partial charge is 0.321 e. The van der Waals surface area contributed by atoms with E-state index in [9.17, 15) is 9.59 Å². The summed E-state index contributed by atoms with van der Waals surface area (Å²) in [5, 5.41) is 4.76. The second kappa shape index (κ2) is 4.10. The van der Waals surface area contributed by atoms with Crippen molar-refractivity contribution < 1.29 is 9.59 Å². The molecule has 0 aliphatic heterocycles. The molecule has 0 spiro atoms. The third-order valence-corrected chi connectivity index (χ3v) is 2.39. The summed E-state index contributed by atoms with van der Waals surface area (Å²) in [6, 6.07) is 1.30. The minimum atomic E-state index is -0.541. The molecule has 1 heterocycles. The molecule has 0 radical (unpaired) electrons. The highest BCUT2D eigenvalue weighted by Crippen LogP contribution is 2.22. The Morgan fingerprint density at radius 1 is 1.50 bits per heavy atom. The van der Waals surface area contributed by atoms with Crippen molar-refractivity contribution in [1.29, 1.82) is 0 Å². The normalized spacial score (nSPS) is 9.57. The van der Waals surface area contributed by atoms with E-state index in [1.54, 1.807) is 25.5 Å². The maximum absolute atomic E-state index is 11.3. The molecule has 1 aromatic heterocycles. The Balaban J connectivity index is 2.82. The van der Waals surface area contributed by atoms with Gasteiger partial charge in [-0.1, -0.05) is 0 Å². The molecule has 5 nitrogen and oxygen atoms in total. The molecule has 14 heavy (non-hydrogen) atoms. The molecule has 0 aliphatic carbocycles. The van der Waals surface area contributed by atoms with Gasteiger partial charge in [0.05, 0.1) is 5.56 Å². The lowest BCUT2D eigenvalue weighted by atomic mass is 10.3. The number of carbonyl (C=O) groups excluding carboxylic acids is 2. The van der Waals surface area contributed by atoms with Crippen molar-refractivity contribution >= 4 is 28.3 Å². The number of rotatable bonds is 2. The van der Waals surface area contributed by atoms with Crippen LogP contribution in [0.1, 0.15) is 10.4 Å². The number of hydrogen-bond donors (Lipinski definition) is 2. The molecule has 3 amide bonds. The highest BCUT2D eigenvalue weighted by atomic mass is 32.1. The van der Waals surface area contributed by atoms with E-state index in [4.69, 9.17) is 5.73 Å². The first-order valence-corrected chi connectivity index (χ1v) is 4.76. The lowest BCUT2D eigenvalue weighted by Gasteiger charge is -2.11. The van der Waals surface area contributed by atoms with Gasteiger partial charge in [0.1, 0.15) is 5.00 Å². The average molecular weight is 213 g/mol. The van der Waals surface area contributed by atoms with Crippen LogP contribution >= 0.6 is 11.3 Å². The minimum absolute atomic E-state index is 0.282. The number of urea groups is 1. The van der Waals surface area contributed by atoms with Crippen LogP contribution in [0, 0.1) is 0 Å². The van der Waals surface area contributed by atoms with Gasteiger partial charge in [-0.15, -0.1) is 11.3 Å². The fourth-order valence-electron chi connectivity index (χ4n) is 0.809. The molecule has 0 aliphatic rings. The predicted octanol–water partition coefficient (Wildman–Crippen LogP) is 0.941. The zero-order valence-corrected chi connectivity index (χ0v) is 8.72. The summed E-state index contributed by atoms with van der Waals surface area (Å²) in [6.45, 7) is 0. The summed E-state index contributed by atoms with van der Waals surface area (Å²) in [7, 11) is 3.24. The fraction of sp³-hybridized carbons (Fsp3) is 0.250. The molecule has 0 bridgehead atoms.